The van der Waals surface area contributed by atoms with Crippen LogP contribution in [0, 0.1) is 0 Å². The van der Waals surface area contributed by atoms with Crippen LogP contribution in [-0.4, -0.2) is 29.0 Å². The molecule has 112 valence electrons. The first-order chi connectivity index (χ1) is 9.62. The molecule has 5 heteroatoms. The van der Waals surface area contributed by atoms with Crippen molar-refractivity contribution in [1.82, 2.24) is 0 Å². The van der Waals surface area contributed by atoms with Crippen LogP contribution in [0.4, 0.5) is 0 Å². The molecule has 0 radical (unpaired) electrons. The van der Waals surface area contributed by atoms with Crippen molar-refractivity contribution in [3.8, 4) is 0 Å². The van der Waals surface area contributed by atoms with Crippen LogP contribution in [0.5, 0.6) is 0 Å². The van der Waals surface area contributed by atoms with Crippen molar-refractivity contribution in [3.05, 3.63) is 11.3 Å². The number of hydrogen-bond donors (Lipinski definition) is 1. The highest BCUT2D eigenvalue weighted by atomic mass is 16.6. The average Bonchev–Trinajstić information content (AvgIpc) is 2.82. The Labute approximate surface area is 119 Å². The van der Waals surface area contributed by atoms with E-state index in [1.807, 2.05) is 13.8 Å². The molecule has 0 unspecified atom stereocenters. The number of rotatable bonds is 5. The summed E-state index contributed by atoms with van der Waals surface area (Å²) in [4.78, 5) is 17.3. The third kappa shape index (κ3) is 2.97. The lowest BCUT2D eigenvalue weighted by Crippen LogP contribution is -2.39. The molecule has 20 heavy (non-hydrogen) atoms. The van der Waals surface area contributed by atoms with Gasteiger partial charge in [0.05, 0.1) is 5.71 Å². The lowest BCUT2D eigenvalue weighted by atomic mass is 9.90. The molecule has 0 aromatic carbocycles. The standard InChI is InChI=1S/C15H23NO4/c1-3-7-11(16-19-4-2)13-12(17)10-15(20-14(13)18)8-5-6-9-15/h17H,3-10H2,1-2H3/b16-11-. The van der Waals surface area contributed by atoms with Gasteiger partial charge in [0, 0.05) is 6.42 Å². The molecule has 1 heterocycles. The molecule has 1 aliphatic carbocycles. The Kier molecular flexibility index (Phi) is 4.68. The van der Waals surface area contributed by atoms with Crippen LogP contribution in [0.15, 0.2) is 16.5 Å². The highest BCUT2D eigenvalue weighted by molar-refractivity contribution is 6.20. The Morgan fingerprint density at radius 2 is 2.10 bits per heavy atom. The van der Waals surface area contributed by atoms with Gasteiger partial charge in [0.1, 0.15) is 23.5 Å². The predicted octanol–water partition coefficient (Wildman–Crippen LogP) is 3.25. The fraction of sp³-hybridized carbons (Fsp3) is 0.733. The van der Waals surface area contributed by atoms with Gasteiger partial charge in [0.2, 0.25) is 0 Å². The smallest absolute Gasteiger partial charge is 0.344 e. The Hall–Kier alpha value is -1.52. The number of aliphatic hydroxyl groups excluding tert-OH is 1. The van der Waals surface area contributed by atoms with Gasteiger partial charge in [0.25, 0.3) is 0 Å². The number of hydrogen-bond acceptors (Lipinski definition) is 5. The molecule has 5 nitrogen and oxygen atoms in total. The van der Waals surface area contributed by atoms with Crippen molar-refractivity contribution in [2.45, 2.75) is 64.4 Å². The van der Waals surface area contributed by atoms with Crippen molar-refractivity contribution in [3.63, 3.8) is 0 Å². The minimum absolute atomic E-state index is 0.107. The molecule has 1 saturated carbocycles. The van der Waals surface area contributed by atoms with E-state index >= 15 is 0 Å². The minimum atomic E-state index is -0.479. The van der Waals surface area contributed by atoms with Gasteiger partial charge in [0.15, 0.2) is 0 Å². The van der Waals surface area contributed by atoms with Gasteiger partial charge >= 0.3 is 5.97 Å². The molecule has 2 aliphatic rings. The lowest BCUT2D eigenvalue weighted by Gasteiger charge is -2.33. The number of carbonyl (C=O) groups excluding carboxylic acids is 1. The molecule has 2 rings (SSSR count). The number of carbonyl (C=O) groups is 1. The highest BCUT2D eigenvalue weighted by Crippen LogP contribution is 2.42. The van der Waals surface area contributed by atoms with Gasteiger partial charge < -0.3 is 14.7 Å². The van der Waals surface area contributed by atoms with E-state index in [1.54, 1.807) is 0 Å². The third-order valence-electron chi connectivity index (χ3n) is 3.89. The van der Waals surface area contributed by atoms with Gasteiger partial charge in [-0.05, 0) is 39.0 Å². The number of ether oxygens (including phenoxy) is 1. The lowest BCUT2D eigenvalue weighted by molar-refractivity contribution is -0.157. The minimum Gasteiger partial charge on any atom is -0.511 e. The van der Waals surface area contributed by atoms with E-state index in [0.717, 1.165) is 32.1 Å². The van der Waals surface area contributed by atoms with Crippen LogP contribution < -0.4 is 0 Å². The maximum absolute atomic E-state index is 12.3. The molecular formula is C15H23NO4. The summed E-state index contributed by atoms with van der Waals surface area (Å²) in [6.07, 6.45) is 5.57. The van der Waals surface area contributed by atoms with E-state index in [-0.39, 0.29) is 11.3 Å². The molecule has 0 amide bonds. The molecule has 1 fully saturated rings. The van der Waals surface area contributed by atoms with Gasteiger partial charge in [-0.15, -0.1) is 0 Å². The van der Waals surface area contributed by atoms with Crippen molar-refractivity contribution in [1.29, 1.82) is 0 Å². The maximum Gasteiger partial charge on any atom is 0.344 e. The molecule has 0 aromatic rings. The van der Waals surface area contributed by atoms with Crippen LogP contribution >= 0.6 is 0 Å². The van der Waals surface area contributed by atoms with Gasteiger partial charge in [-0.2, -0.15) is 0 Å². The molecule has 0 bridgehead atoms. The van der Waals surface area contributed by atoms with Gasteiger partial charge in [-0.1, -0.05) is 18.5 Å². The quantitative estimate of drug-likeness (QED) is 0.477. The van der Waals surface area contributed by atoms with E-state index in [9.17, 15) is 9.90 Å². The average molecular weight is 281 g/mol. The first kappa shape index (κ1) is 14.9. The molecule has 0 saturated heterocycles. The van der Waals surface area contributed by atoms with E-state index in [2.05, 4.69) is 5.16 Å². The monoisotopic (exact) mass is 281 g/mol. The largest absolute Gasteiger partial charge is 0.511 e. The summed E-state index contributed by atoms with van der Waals surface area (Å²) < 4.78 is 5.63. The Bertz CT molecular complexity index is 433. The SMILES string of the molecule is CCC/C(=N/OCC)C1=C(O)CC2(CCCC2)OC1=O. The van der Waals surface area contributed by atoms with E-state index in [0.29, 0.717) is 25.2 Å². The highest BCUT2D eigenvalue weighted by Gasteiger charge is 2.44. The number of esters is 1. The predicted molar refractivity (Wildman–Crippen MR) is 75.5 cm³/mol. The number of oxime groups is 1. The summed E-state index contributed by atoms with van der Waals surface area (Å²) in [5.74, 6) is -0.349. The molecule has 1 aliphatic heterocycles. The fourth-order valence-electron chi connectivity index (χ4n) is 2.97. The first-order valence-electron chi connectivity index (χ1n) is 7.46. The van der Waals surface area contributed by atoms with Crippen molar-refractivity contribution < 1.29 is 19.5 Å². The molecular weight excluding hydrogens is 258 g/mol. The zero-order valence-corrected chi connectivity index (χ0v) is 12.3. The normalized spacial score (nSPS) is 22.3. The van der Waals surface area contributed by atoms with Crippen LogP contribution in [0.2, 0.25) is 0 Å². The summed E-state index contributed by atoms with van der Waals surface area (Å²) in [6, 6.07) is 0. The second-order valence-corrected chi connectivity index (χ2v) is 5.48. The summed E-state index contributed by atoms with van der Waals surface area (Å²) in [5.41, 5.74) is 0.218. The second kappa shape index (κ2) is 6.29. The van der Waals surface area contributed by atoms with Crippen LogP contribution in [0.1, 0.15) is 58.8 Å². The summed E-state index contributed by atoms with van der Waals surface area (Å²) in [5, 5.41) is 14.3. The Morgan fingerprint density at radius 1 is 1.40 bits per heavy atom. The number of aliphatic hydroxyl groups is 1. The van der Waals surface area contributed by atoms with Crippen LogP contribution in [-0.2, 0) is 14.4 Å². The fourth-order valence-corrected chi connectivity index (χ4v) is 2.97. The summed E-state index contributed by atoms with van der Waals surface area (Å²) in [7, 11) is 0. The van der Waals surface area contributed by atoms with Crippen LogP contribution in [0.25, 0.3) is 0 Å². The maximum atomic E-state index is 12.3. The van der Waals surface area contributed by atoms with E-state index < -0.39 is 11.6 Å². The first-order valence-corrected chi connectivity index (χ1v) is 7.46. The molecule has 0 atom stereocenters. The van der Waals surface area contributed by atoms with Crippen molar-refractivity contribution in [2.24, 2.45) is 5.16 Å². The van der Waals surface area contributed by atoms with E-state index in [4.69, 9.17) is 9.57 Å². The van der Waals surface area contributed by atoms with E-state index in [1.165, 1.54) is 0 Å². The Morgan fingerprint density at radius 3 is 2.65 bits per heavy atom. The topological polar surface area (TPSA) is 68.1 Å². The molecule has 1 spiro atoms. The second-order valence-electron chi connectivity index (χ2n) is 5.48. The summed E-state index contributed by atoms with van der Waals surface area (Å²) >= 11 is 0. The third-order valence-corrected chi connectivity index (χ3v) is 3.89. The van der Waals surface area contributed by atoms with Crippen molar-refractivity contribution in [2.75, 3.05) is 6.61 Å². The zero-order valence-electron chi connectivity index (χ0n) is 12.3. The van der Waals surface area contributed by atoms with Gasteiger partial charge in [-0.3, -0.25) is 0 Å². The molecule has 0 aromatic heterocycles. The van der Waals surface area contributed by atoms with Gasteiger partial charge in [-0.25, -0.2) is 4.79 Å². The molecule has 1 N–H and O–H groups in total. The summed E-state index contributed by atoms with van der Waals surface area (Å²) in [6.45, 7) is 4.25. The van der Waals surface area contributed by atoms with Crippen molar-refractivity contribution >= 4 is 11.7 Å². The Balaban J connectivity index is 2.26. The zero-order chi connectivity index (χ0) is 14.6. The van der Waals surface area contributed by atoms with Crippen LogP contribution in [0.3, 0.4) is 0 Å². The number of nitrogens with zero attached hydrogens (tertiary/aromatic N) is 1.